The summed E-state index contributed by atoms with van der Waals surface area (Å²) in [5.74, 6) is -1.03. The summed E-state index contributed by atoms with van der Waals surface area (Å²) in [5, 5.41) is 5.48. The van der Waals surface area contributed by atoms with E-state index in [2.05, 4.69) is 34.2 Å². The van der Waals surface area contributed by atoms with Crippen molar-refractivity contribution in [1.82, 2.24) is 15.5 Å². The smallest absolute Gasteiger partial charge is 0.404 e. The molecule has 3 rings (SSSR count). The summed E-state index contributed by atoms with van der Waals surface area (Å²) in [5.41, 5.74) is 2.93. The number of hydrogen-bond donors (Lipinski definition) is 4. The molecule has 0 radical (unpaired) electrons. The van der Waals surface area contributed by atoms with Crippen LogP contribution in [0.5, 0.6) is 5.75 Å². The van der Waals surface area contributed by atoms with Gasteiger partial charge in [-0.15, -0.1) is 0 Å². The highest BCUT2D eigenvalue weighted by Crippen LogP contribution is 2.37. The number of nitrogens with one attached hydrogen (secondary N) is 2. The standard InChI is InChI=1S/C27H36N3O7P/c1-3-6-20-8-10-22(11-9-20)18-30-16-5-4-7-24(27(30)33)29-26(32)25(28-19(2)31)17-21-12-14-23(15-13-21)37-38(34,35)36/h8-15,24-25H,3-7,16-18H2,1-2H3,(H,28,31)(H,29,32)(H2,34,35,36)/t24-,25-/m0/s1. The number of aryl methyl sites for hydroxylation is 1. The Morgan fingerprint density at radius 1 is 1.05 bits per heavy atom. The number of carbonyl (C=O) groups is 3. The predicted molar refractivity (Wildman–Crippen MR) is 142 cm³/mol. The number of hydrogen-bond acceptors (Lipinski definition) is 5. The first kappa shape index (κ1) is 29.4. The first-order chi connectivity index (χ1) is 18.0. The second-order valence-corrected chi connectivity index (χ2v) is 10.7. The minimum absolute atomic E-state index is 0.0215. The van der Waals surface area contributed by atoms with Crippen molar-refractivity contribution >= 4 is 25.5 Å². The first-order valence-electron chi connectivity index (χ1n) is 12.8. The highest BCUT2D eigenvalue weighted by molar-refractivity contribution is 7.46. The average Bonchev–Trinajstić information content (AvgIpc) is 3.01. The van der Waals surface area contributed by atoms with Gasteiger partial charge >= 0.3 is 7.82 Å². The Hall–Kier alpha value is -3.20. The van der Waals surface area contributed by atoms with E-state index < -0.39 is 31.7 Å². The molecule has 1 fully saturated rings. The van der Waals surface area contributed by atoms with Gasteiger partial charge in [0, 0.05) is 26.4 Å². The molecular weight excluding hydrogens is 509 g/mol. The van der Waals surface area contributed by atoms with E-state index >= 15 is 0 Å². The molecule has 10 nitrogen and oxygen atoms in total. The van der Waals surface area contributed by atoms with Crippen LogP contribution in [0.15, 0.2) is 48.5 Å². The van der Waals surface area contributed by atoms with E-state index in [4.69, 9.17) is 9.79 Å². The molecule has 1 heterocycles. The summed E-state index contributed by atoms with van der Waals surface area (Å²) in [4.78, 5) is 58.0. The second kappa shape index (κ2) is 13.6. The lowest BCUT2D eigenvalue weighted by Crippen LogP contribution is -2.54. The van der Waals surface area contributed by atoms with Gasteiger partial charge in [0.2, 0.25) is 17.7 Å². The van der Waals surface area contributed by atoms with Crippen LogP contribution in [-0.4, -0.2) is 51.0 Å². The van der Waals surface area contributed by atoms with Crippen molar-refractivity contribution in [2.24, 2.45) is 0 Å². The summed E-state index contributed by atoms with van der Waals surface area (Å²) in [7, 11) is -4.68. The minimum atomic E-state index is -4.68. The quantitative estimate of drug-likeness (QED) is 0.318. The highest BCUT2D eigenvalue weighted by atomic mass is 31.2. The molecule has 0 spiro atoms. The number of phosphoric acid groups is 1. The molecule has 11 heteroatoms. The average molecular weight is 546 g/mol. The number of amides is 3. The van der Waals surface area contributed by atoms with Crippen LogP contribution >= 0.6 is 7.82 Å². The lowest BCUT2D eigenvalue weighted by atomic mass is 10.0. The van der Waals surface area contributed by atoms with Crippen molar-refractivity contribution in [3.63, 3.8) is 0 Å². The molecule has 0 unspecified atom stereocenters. The molecule has 2 atom stereocenters. The van der Waals surface area contributed by atoms with Gasteiger partial charge in [0.05, 0.1) is 0 Å². The number of rotatable bonds is 11. The fourth-order valence-electron chi connectivity index (χ4n) is 4.50. The molecule has 206 valence electrons. The number of nitrogens with zero attached hydrogens (tertiary/aromatic N) is 1. The maximum atomic E-state index is 13.4. The van der Waals surface area contributed by atoms with E-state index in [1.165, 1.54) is 24.6 Å². The number of carbonyl (C=O) groups excluding carboxylic acids is 3. The molecular formula is C27H36N3O7P. The van der Waals surface area contributed by atoms with E-state index in [1.807, 2.05) is 12.1 Å². The molecule has 1 saturated heterocycles. The Morgan fingerprint density at radius 3 is 2.29 bits per heavy atom. The van der Waals surface area contributed by atoms with Crippen LogP contribution in [0.4, 0.5) is 0 Å². The van der Waals surface area contributed by atoms with Crippen molar-refractivity contribution < 1.29 is 33.3 Å². The topological polar surface area (TPSA) is 145 Å². The zero-order valence-electron chi connectivity index (χ0n) is 21.8. The van der Waals surface area contributed by atoms with Gasteiger partial charge in [-0.3, -0.25) is 24.2 Å². The Kier molecular flexibility index (Phi) is 10.5. The van der Waals surface area contributed by atoms with Gasteiger partial charge in [0.1, 0.15) is 17.8 Å². The molecule has 0 aliphatic carbocycles. The van der Waals surface area contributed by atoms with Crippen molar-refractivity contribution in [1.29, 1.82) is 0 Å². The normalized spacial score (nSPS) is 16.9. The molecule has 0 saturated carbocycles. The van der Waals surface area contributed by atoms with Gasteiger partial charge in [-0.2, -0.15) is 0 Å². The van der Waals surface area contributed by atoms with Crippen molar-refractivity contribution in [2.75, 3.05) is 6.54 Å². The molecule has 3 amide bonds. The van der Waals surface area contributed by atoms with Gasteiger partial charge in [-0.05, 0) is 54.5 Å². The van der Waals surface area contributed by atoms with E-state index in [-0.39, 0.29) is 18.1 Å². The van der Waals surface area contributed by atoms with Crippen molar-refractivity contribution in [2.45, 2.75) is 71.0 Å². The van der Waals surface area contributed by atoms with E-state index in [0.717, 1.165) is 31.2 Å². The molecule has 0 bridgehead atoms. The third-order valence-electron chi connectivity index (χ3n) is 6.31. The van der Waals surface area contributed by atoms with E-state index in [1.54, 1.807) is 17.0 Å². The van der Waals surface area contributed by atoms with Crippen molar-refractivity contribution in [3.8, 4) is 5.75 Å². The summed E-state index contributed by atoms with van der Waals surface area (Å²) >= 11 is 0. The fraction of sp³-hybridized carbons (Fsp3) is 0.444. The zero-order valence-corrected chi connectivity index (χ0v) is 22.7. The van der Waals surface area contributed by atoms with Gasteiger partial charge in [0.25, 0.3) is 0 Å². The number of likely N-dealkylation sites (tertiary alicyclic amines) is 1. The lowest BCUT2D eigenvalue weighted by Gasteiger charge is -2.27. The van der Waals surface area contributed by atoms with Gasteiger partial charge in [0.15, 0.2) is 0 Å². The highest BCUT2D eigenvalue weighted by Gasteiger charge is 2.31. The summed E-state index contributed by atoms with van der Waals surface area (Å²) in [6, 6.07) is 12.5. The summed E-state index contributed by atoms with van der Waals surface area (Å²) in [6.45, 7) is 4.52. The van der Waals surface area contributed by atoms with Crippen LogP contribution in [0.2, 0.25) is 0 Å². The van der Waals surface area contributed by atoms with Crippen LogP contribution in [0.1, 0.15) is 56.2 Å². The molecule has 0 aromatic heterocycles. The zero-order chi connectivity index (χ0) is 27.7. The predicted octanol–water partition coefficient (Wildman–Crippen LogP) is 2.86. The number of benzene rings is 2. The molecule has 2 aromatic carbocycles. The van der Waals surface area contributed by atoms with Gasteiger partial charge in [-0.25, -0.2) is 4.57 Å². The van der Waals surface area contributed by atoms with Crippen LogP contribution in [0, 0.1) is 0 Å². The van der Waals surface area contributed by atoms with Crippen LogP contribution in [0.3, 0.4) is 0 Å². The van der Waals surface area contributed by atoms with E-state index in [0.29, 0.717) is 25.1 Å². The molecule has 1 aliphatic rings. The van der Waals surface area contributed by atoms with Gasteiger partial charge in [-0.1, -0.05) is 49.7 Å². The first-order valence-corrected chi connectivity index (χ1v) is 14.3. The fourth-order valence-corrected chi connectivity index (χ4v) is 4.90. The Labute approximate surface area is 223 Å². The summed E-state index contributed by atoms with van der Waals surface area (Å²) < 4.78 is 15.6. The van der Waals surface area contributed by atoms with Crippen LogP contribution in [0.25, 0.3) is 0 Å². The maximum Gasteiger partial charge on any atom is 0.524 e. The minimum Gasteiger partial charge on any atom is -0.404 e. The Morgan fingerprint density at radius 2 is 1.68 bits per heavy atom. The maximum absolute atomic E-state index is 13.4. The lowest BCUT2D eigenvalue weighted by molar-refractivity contribution is -0.137. The third-order valence-corrected chi connectivity index (χ3v) is 6.76. The molecule has 1 aliphatic heterocycles. The van der Waals surface area contributed by atoms with Crippen molar-refractivity contribution in [3.05, 3.63) is 65.2 Å². The largest absolute Gasteiger partial charge is 0.524 e. The molecule has 38 heavy (non-hydrogen) atoms. The summed E-state index contributed by atoms with van der Waals surface area (Å²) in [6.07, 6.45) is 4.34. The second-order valence-electron chi connectivity index (χ2n) is 9.57. The Bertz CT molecular complexity index is 1150. The molecule has 4 N–H and O–H groups in total. The van der Waals surface area contributed by atoms with E-state index in [9.17, 15) is 18.9 Å². The SMILES string of the molecule is CCCc1ccc(CN2CCCC[C@H](NC(=O)[C@H](Cc3ccc(OP(=O)(O)O)cc3)NC(C)=O)C2=O)cc1. The third kappa shape index (κ3) is 9.28. The Balaban J connectivity index is 1.66. The number of phosphoric ester groups is 1. The monoisotopic (exact) mass is 545 g/mol. The molecule has 2 aromatic rings. The van der Waals surface area contributed by atoms with Crippen LogP contribution in [-0.2, 0) is 38.3 Å². The van der Waals surface area contributed by atoms with Crippen LogP contribution < -0.4 is 15.2 Å². The van der Waals surface area contributed by atoms with Gasteiger partial charge < -0.3 is 20.1 Å².